The van der Waals surface area contributed by atoms with E-state index in [-0.39, 0.29) is 18.8 Å². The smallest absolute Gasteiger partial charge is 0.372 e. The molecule has 2 rings (SSSR count). The van der Waals surface area contributed by atoms with Gasteiger partial charge in [-0.15, -0.1) is 11.6 Å². The normalized spacial score (nSPS) is 13.1. The lowest BCUT2D eigenvalue weighted by Gasteiger charge is -2.26. The van der Waals surface area contributed by atoms with Crippen molar-refractivity contribution in [1.29, 1.82) is 0 Å². The number of hydrogen-bond donors (Lipinski definition) is 1. The van der Waals surface area contributed by atoms with Crippen LogP contribution in [0.5, 0.6) is 5.75 Å². The highest BCUT2D eigenvalue weighted by Crippen LogP contribution is 2.28. The highest BCUT2D eigenvalue weighted by atomic mass is 35.5. The molecule has 0 fully saturated rings. The first kappa shape index (κ1) is 19.2. The van der Waals surface area contributed by atoms with Gasteiger partial charge in [-0.1, -0.05) is 42.5 Å². The molecule has 25 heavy (non-hydrogen) atoms. The van der Waals surface area contributed by atoms with E-state index < -0.39 is 11.8 Å². The Labute approximate surface area is 152 Å². The fraction of sp³-hybridized carbons (Fsp3) is 0.316. The van der Waals surface area contributed by atoms with Crippen LogP contribution in [0.1, 0.15) is 17.5 Å². The standard InChI is InChI=1S/C19H21ClO5/c1-23-17-10-5-9-16(13-17)19(22,25-12-6-11-20)18(21)24-14-15-7-3-2-4-8-15/h2-5,7-10,13,22H,6,11-12,14H2,1H3. The Kier molecular flexibility index (Phi) is 7.25. The van der Waals surface area contributed by atoms with Crippen LogP contribution in [0.2, 0.25) is 0 Å². The van der Waals surface area contributed by atoms with Gasteiger partial charge in [0.05, 0.1) is 13.7 Å². The summed E-state index contributed by atoms with van der Waals surface area (Å²) in [6.07, 6.45) is 0.486. The van der Waals surface area contributed by atoms with E-state index in [1.807, 2.05) is 30.3 Å². The Morgan fingerprint density at radius 1 is 1.16 bits per heavy atom. The summed E-state index contributed by atoms with van der Waals surface area (Å²) >= 11 is 5.65. The van der Waals surface area contributed by atoms with Crippen molar-refractivity contribution in [3.8, 4) is 5.75 Å². The summed E-state index contributed by atoms with van der Waals surface area (Å²) in [4.78, 5) is 12.6. The number of ether oxygens (including phenoxy) is 3. The monoisotopic (exact) mass is 364 g/mol. The summed E-state index contributed by atoms with van der Waals surface area (Å²) in [6, 6.07) is 15.7. The largest absolute Gasteiger partial charge is 0.497 e. The second kappa shape index (κ2) is 9.42. The molecule has 0 bridgehead atoms. The lowest BCUT2D eigenvalue weighted by Crippen LogP contribution is -2.40. The number of rotatable bonds is 9. The second-order valence-corrected chi connectivity index (χ2v) is 5.71. The summed E-state index contributed by atoms with van der Waals surface area (Å²) in [5.41, 5.74) is 1.05. The number of alkyl halides is 1. The number of methoxy groups -OCH3 is 1. The van der Waals surface area contributed by atoms with Crippen LogP contribution >= 0.6 is 11.6 Å². The third-order valence-electron chi connectivity index (χ3n) is 3.54. The molecule has 0 heterocycles. The number of carbonyl (C=O) groups excluding carboxylic acids is 1. The van der Waals surface area contributed by atoms with E-state index in [0.29, 0.717) is 18.1 Å². The average Bonchev–Trinajstić information content (AvgIpc) is 2.67. The quantitative estimate of drug-likeness (QED) is 0.320. The summed E-state index contributed by atoms with van der Waals surface area (Å²) < 4.78 is 15.9. The van der Waals surface area contributed by atoms with E-state index in [4.69, 9.17) is 25.8 Å². The fourth-order valence-corrected chi connectivity index (χ4v) is 2.30. The Morgan fingerprint density at radius 3 is 2.60 bits per heavy atom. The van der Waals surface area contributed by atoms with Gasteiger partial charge in [0.25, 0.3) is 5.79 Å². The van der Waals surface area contributed by atoms with Crippen LogP contribution in [0.3, 0.4) is 0 Å². The zero-order valence-electron chi connectivity index (χ0n) is 14.0. The van der Waals surface area contributed by atoms with Crippen molar-refractivity contribution in [3.05, 3.63) is 65.7 Å². The van der Waals surface area contributed by atoms with Crippen LogP contribution < -0.4 is 4.74 Å². The molecule has 0 aliphatic rings. The van der Waals surface area contributed by atoms with Gasteiger partial charge in [-0.25, -0.2) is 4.79 Å². The molecule has 6 heteroatoms. The van der Waals surface area contributed by atoms with Crippen LogP contribution in [0.25, 0.3) is 0 Å². The predicted octanol–water partition coefficient (Wildman–Crippen LogP) is 3.23. The Bertz CT molecular complexity index is 677. The maximum atomic E-state index is 12.6. The van der Waals surface area contributed by atoms with E-state index in [0.717, 1.165) is 5.56 Å². The van der Waals surface area contributed by atoms with Gasteiger partial charge in [0.2, 0.25) is 0 Å². The summed E-state index contributed by atoms with van der Waals surface area (Å²) in [6.45, 7) is 0.141. The third-order valence-corrected chi connectivity index (χ3v) is 3.81. The average molecular weight is 365 g/mol. The van der Waals surface area contributed by atoms with Crippen LogP contribution in [-0.4, -0.2) is 30.7 Å². The minimum Gasteiger partial charge on any atom is -0.497 e. The number of hydrogen-bond acceptors (Lipinski definition) is 5. The molecular weight excluding hydrogens is 344 g/mol. The van der Waals surface area contributed by atoms with E-state index >= 15 is 0 Å². The molecule has 0 aromatic heterocycles. The highest BCUT2D eigenvalue weighted by molar-refractivity contribution is 6.17. The molecule has 0 aliphatic heterocycles. The van der Waals surface area contributed by atoms with Crippen molar-refractivity contribution in [1.82, 2.24) is 0 Å². The first-order valence-electron chi connectivity index (χ1n) is 7.88. The van der Waals surface area contributed by atoms with Gasteiger partial charge in [0, 0.05) is 11.4 Å². The van der Waals surface area contributed by atoms with Gasteiger partial charge in [-0.05, 0) is 24.1 Å². The van der Waals surface area contributed by atoms with Crippen molar-refractivity contribution in [2.75, 3.05) is 19.6 Å². The van der Waals surface area contributed by atoms with Crippen molar-refractivity contribution in [3.63, 3.8) is 0 Å². The number of halogens is 1. The van der Waals surface area contributed by atoms with Crippen molar-refractivity contribution in [2.45, 2.75) is 18.8 Å². The van der Waals surface area contributed by atoms with Crippen molar-refractivity contribution in [2.24, 2.45) is 0 Å². The molecule has 1 N–H and O–H groups in total. The molecule has 134 valence electrons. The first-order valence-corrected chi connectivity index (χ1v) is 8.41. The Morgan fingerprint density at radius 2 is 1.92 bits per heavy atom. The molecule has 0 spiro atoms. The van der Waals surface area contributed by atoms with Crippen LogP contribution in [-0.2, 0) is 26.7 Å². The van der Waals surface area contributed by atoms with Gasteiger partial charge >= 0.3 is 5.97 Å². The van der Waals surface area contributed by atoms with Crippen LogP contribution in [0, 0.1) is 0 Å². The molecule has 0 saturated carbocycles. The third kappa shape index (κ3) is 5.19. The molecule has 5 nitrogen and oxygen atoms in total. The Hall–Kier alpha value is -2.08. The predicted molar refractivity (Wildman–Crippen MR) is 94.4 cm³/mol. The van der Waals surface area contributed by atoms with Gasteiger partial charge in [-0.2, -0.15) is 0 Å². The van der Waals surface area contributed by atoms with Crippen molar-refractivity contribution >= 4 is 17.6 Å². The number of esters is 1. The van der Waals surface area contributed by atoms with Gasteiger partial charge in [0.15, 0.2) is 0 Å². The van der Waals surface area contributed by atoms with Gasteiger partial charge in [0.1, 0.15) is 12.4 Å². The molecule has 1 atom stereocenters. The van der Waals surface area contributed by atoms with Gasteiger partial charge in [-0.3, -0.25) is 0 Å². The van der Waals surface area contributed by atoms with E-state index in [1.165, 1.54) is 13.2 Å². The maximum absolute atomic E-state index is 12.6. The van der Waals surface area contributed by atoms with E-state index in [2.05, 4.69) is 0 Å². The molecular formula is C19H21ClO5. The minimum absolute atomic E-state index is 0.0326. The summed E-state index contributed by atoms with van der Waals surface area (Å²) in [7, 11) is 1.50. The second-order valence-electron chi connectivity index (χ2n) is 5.33. The number of benzene rings is 2. The zero-order chi connectivity index (χ0) is 18.1. The first-order chi connectivity index (χ1) is 12.1. The summed E-state index contributed by atoms with van der Waals surface area (Å²) in [5.74, 6) is -2.27. The fourth-order valence-electron chi connectivity index (χ4n) is 2.19. The highest BCUT2D eigenvalue weighted by Gasteiger charge is 2.41. The molecule has 0 amide bonds. The number of carbonyl (C=O) groups is 1. The minimum atomic E-state index is -2.23. The lowest BCUT2D eigenvalue weighted by atomic mass is 10.1. The topological polar surface area (TPSA) is 65.0 Å². The van der Waals surface area contributed by atoms with Crippen molar-refractivity contribution < 1.29 is 24.1 Å². The molecule has 0 radical (unpaired) electrons. The molecule has 1 unspecified atom stereocenters. The lowest BCUT2D eigenvalue weighted by molar-refractivity contribution is -0.235. The SMILES string of the molecule is COc1cccc(C(O)(OCCCCl)C(=O)OCc2ccccc2)c1. The van der Waals surface area contributed by atoms with E-state index in [9.17, 15) is 9.90 Å². The zero-order valence-corrected chi connectivity index (χ0v) is 14.7. The molecule has 2 aromatic carbocycles. The number of aliphatic hydroxyl groups is 1. The van der Waals surface area contributed by atoms with Crippen LogP contribution in [0.4, 0.5) is 0 Å². The maximum Gasteiger partial charge on any atom is 0.372 e. The molecule has 2 aromatic rings. The molecule has 0 saturated heterocycles. The van der Waals surface area contributed by atoms with Gasteiger partial charge < -0.3 is 19.3 Å². The van der Waals surface area contributed by atoms with Crippen LogP contribution in [0.15, 0.2) is 54.6 Å². The Balaban J connectivity index is 2.19. The molecule has 0 aliphatic carbocycles. The summed E-state index contributed by atoms with van der Waals surface area (Å²) in [5, 5.41) is 10.9. The van der Waals surface area contributed by atoms with E-state index in [1.54, 1.807) is 18.2 Å².